The molecule has 0 amide bonds. The summed E-state index contributed by atoms with van der Waals surface area (Å²) in [5.74, 6) is -14.6. The van der Waals surface area contributed by atoms with Crippen molar-refractivity contribution in [2.24, 2.45) is 0 Å². The number of hydrogen-bond donors (Lipinski definition) is 17. The first-order chi connectivity index (χ1) is 54.8. The third kappa shape index (κ3) is 40.5. The lowest BCUT2D eigenvalue weighted by molar-refractivity contribution is -0.246. The van der Waals surface area contributed by atoms with E-state index in [0.717, 1.165) is 0 Å². The van der Waals surface area contributed by atoms with E-state index in [1.807, 2.05) is 0 Å². The molecule has 17 N–H and O–H groups in total. The van der Waals surface area contributed by atoms with Crippen LogP contribution in [0.25, 0.3) is 0 Å². The highest BCUT2D eigenvalue weighted by Crippen LogP contribution is 2.43. The van der Waals surface area contributed by atoms with Crippen LogP contribution in [0.15, 0.2) is 0 Å². The van der Waals surface area contributed by atoms with Crippen LogP contribution >= 0.6 is 0 Å². The van der Waals surface area contributed by atoms with Crippen molar-refractivity contribution in [1.29, 1.82) is 0 Å². The number of β-amino-alcohol motifs (C(OH)–C–C–N with tert-alkyl or cyclic N) is 3. The van der Waals surface area contributed by atoms with E-state index in [2.05, 4.69) is 5.32 Å². The van der Waals surface area contributed by atoms with Crippen molar-refractivity contribution in [3.05, 3.63) is 0 Å². The average molecular weight is 1670 g/mol. The van der Waals surface area contributed by atoms with Crippen molar-refractivity contribution in [2.75, 3.05) is 314 Å². The van der Waals surface area contributed by atoms with E-state index in [0.29, 0.717) is 0 Å². The van der Waals surface area contributed by atoms with Gasteiger partial charge in [-0.15, -0.1) is 0 Å². The summed E-state index contributed by atoms with van der Waals surface area (Å²) in [5, 5.41) is 177. The molecule has 5 fully saturated rings. The highest BCUT2D eigenvalue weighted by atomic mass is 16.5. The average Bonchev–Trinajstić information content (AvgIpc) is 0.752. The van der Waals surface area contributed by atoms with Crippen LogP contribution in [0.1, 0.15) is 19.3 Å². The molecule has 7 unspecified atom stereocenters. The van der Waals surface area contributed by atoms with Crippen molar-refractivity contribution in [2.45, 2.75) is 60.9 Å². The molecule has 116 heavy (non-hydrogen) atoms. The van der Waals surface area contributed by atoms with Gasteiger partial charge in [-0.1, -0.05) is 0 Å². The second-order valence-electron chi connectivity index (χ2n) is 30.7. The number of hydrogen-bond acceptors (Lipinski definition) is 34. The summed E-state index contributed by atoms with van der Waals surface area (Å²) in [4.78, 5) is 172. The number of carboxylic acids is 12. The first-order valence-electron chi connectivity index (χ1n) is 39.0. The van der Waals surface area contributed by atoms with E-state index in [1.165, 1.54) is 24.5 Å². The number of rotatable bonds is 38. The largest absolute Gasteiger partial charge is 0.480 e. The fourth-order valence-electron chi connectivity index (χ4n) is 15.4. The van der Waals surface area contributed by atoms with Gasteiger partial charge in [0.05, 0.1) is 122 Å². The molecule has 4 aliphatic heterocycles. The van der Waals surface area contributed by atoms with Gasteiger partial charge in [0.2, 0.25) is 0 Å². The summed E-state index contributed by atoms with van der Waals surface area (Å²) in [6.45, 7) is -7.75. The highest BCUT2D eigenvalue weighted by molar-refractivity contribution is 5.73. The lowest BCUT2D eigenvalue weighted by Gasteiger charge is -2.53. The van der Waals surface area contributed by atoms with Gasteiger partial charge in [0.1, 0.15) is 5.60 Å². The Morgan fingerprint density at radius 3 is 0.776 bits per heavy atom. The molecule has 1 saturated carbocycles. The van der Waals surface area contributed by atoms with Gasteiger partial charge in [-0.25, -0.2) is 0 Å². The Kier molecular flexibility index (Phi) is 43.9. The van der Waals surface area contributed by atoms with Crippen LogP contribution in [0, 0.1) is 0 Å². The predicted octanol–water partition coefficient (Wildman–Crippen LogP) is -10.3. The number of aliphatic hydroxyl groups excluding tert-OH is 2. The molecule has 46 nitrogen and oxygen atoms in total. The van der Waals surface area contributed by atoms with Crippen molar-refractivity contribution >= 4 is 71.6 Å². The molecule has 46 heteroatoms. The molecule has 0 aromatic carbocycles. The van der Waals surface area contributed by atoms with Gasteiger partial charge in [-0.05, 0) is 6.42 Å². The summed E-state index contributed by atoms with van der Waals surface area (Å²) in [7, 11) is 0. The minimum absolute atomic E-state index is 0.00256. The zero-order chi connectivity index (χ0) is 85.7. The van der Waals surface area contributed by atoms with Gasteiger partial charge < -0.3 is 96.5 Å². The molecule has 7 atom stereocenters. The molecular weight excluding hydrogens is 1540 g/mol. The van der Waals surface area contributed by atoms with E-state index in [9.17, 15) is 139 Å². The van der Waals surface area contributed by atoms with Gasteiger partial charge in [-0.3, -0.25) is 131 Å². The first kappa shape index (κ1) is 99.3. The number of ether oxygens (including phenoxy) is 2. The molecule has 4 heterocycles. The molecule has 4 saturated heterocycles. The number of aliphatic hydroxyl groups is 4. The smallest absolute Gasteiger partial charge is 0.317 e. The Balaban J connectivity index is 1.70. The van der Waals surface area contributed by atoms with Gasteiger partial charge in [-0.2, -0.15) is 0 Å². The first-order valence-corrected chi connectivity index (χ1v) is 39.0. The highest BCUT2D eigenvalue weighted by Gasteiger charge is 2.57. The Hall–Kier alpha value is -7.24. The van der Waals surface area contributed by atoms with Crippen LogP contribution in [0.5, 0.6) is 0 Å². The Morgan fingerprint density at radius 1 is 0.284 bits per heavy atom. The molecule has 0 radical (unpaired) electrons. The maximum Gasteiger partial charge on any atom is 0.317 e. The van der Waals surface area contributed by atoms with Crippen molar-refractivity contribution in [1.82, 2.24) is 78.8 Å². The molecule has 5 aliphatic rings. The van der Waals surface area contributed by atoms with Crippen LogP contribution < -0.4 is 5.32 Å². The molecule has 0 spiro atoms. The van der Waals surface area contributed by atoms with Crippen molar-refractivity contribution < 1.29 is 149 Å². The number of nitrogens with one attached hydrogen (secondary N) is 1. The SMILES string of the molecule is O=C(O)CN1CCNCCN(CC(=O)O)C(CC2(O)CC(OCC(O)CN3CCN(CC(=O)O)CCN(CC(=O)O)CCN(CC(=O)O)CC3)C(O)(CN3CCN(CC(=O)O)CCN(CC(=O)O)CCN(CC(=O)O)CC3)CC2OCC(O)CN2CCN(CC(=O)O)CCN(CC(=O)O)CCN(CC(=O)O)CC2)CN(CC(=O)O)CC1. The second-order valence-corrected chi connectivity index (χ2v) is 30.7. The summed E-state index contributed by atoms with van der Waals surface area (Å²) in [5.41, 5.74) is -4.70. The van der Waals surface area contributed by atoms with Crippen LogP contribution in [-0.4, -0.2) is 583 Å². The number of carboxylic acid groups (broad SMARTS) is 12. The maximum atomic E-state index is 14.1. The van der Waals surface area contributed by atoms with Gasteiger partial charge in [0, 0.05) is 241 Å². The Morgan fingerprint density at radius 2 is 0.500 bits per heavy atom. The molecule has 1 aliphatic carbocycles. The number of carbonyl (C=O) groups is 12. The summed E-state index contributed by atoms with van der Waals surface area (Å²) in [6.07, 6.45) is -8.30. The van der Waals surface area contributed by atoms with Crippen LogP contribution in [0.4, 0.5) is 0 Å². The van der Waals surface area contributed by atoms with E-state index in [-0.39, 0.29) is 216 Å². The Labute approximate surface area is 672 Å². The van der Waals surface area contributed by atoms with Crippen LogP contribution in [0.2, 0.25) is 0 Å². The topological polar surface area (TPSA) is 608 Å². The summed E-state index contributed by atoms with van der Waals surface area (Å²) < 4.78 is 13.5. The van der Waals surface area contributed by atoms with Gasteiger partial charge >= 0.3 is 71.6 Å². The van der Waals surface area contributed by atoms with E-state index >= 15 is 0 Å². The Bertz CT molecular complexity index is 3030. The minimum Gasteiger partial charge on any atom is -0.480 e. The van der Waals surface area contributed by atoms with Crippen molar-refractivity contribution in [3.8, 4) is 0 Å². The van der Waals surface area contributed by atoms with E-state index in [4.69, 9.17) is 9.47 Å². The standard InChI is InChI=1S/C70H124N16O30/c87-53(35-73-5-9-75(38-58(91)92)13-17-79(42-62(99)100)18-14-76(10-6-73)39-59(93)94)49-115-55-33-70(114,51-84-28-25-82(45-65(105)106)23-21-81(44-64(103)104)22-24-83(26-29-84)46-66(107)108)56(32-69(55,113)31-52-34-85(47-67(109)110)30-27-72(37-57(89)90)3-1-71-2-4-86(52)48-68(111)112)116-50-54(88)36-74-7-11-77(40-60(95)96)15-19-80(43-63(101)102)20-16-78(12-8-74)41-61(97)98/h52-56,71,87-88,113-114H,1-51H2,(H,89,90)(H,91,92)(H,93,94)(H,95,96)(H,97,98)(H,99,100)(H,101,102)(H,103,104)(H,105,106)(H,107,108)(H,109,110)(H,111,112). The maximum absolute atomic E-state index is 14.1. The van der Waals surface area contributed by atoms with Crippen molar-refractivity contribution in [3.63, 3.8) is 0 Å². The normalized spacial score (nSPS) is 25.5. The fraction of sp³-hybridized carbons (Fsp3) is 0.829. The number of aliphatic carboxylic acids is 12. The van der Waals surface area contributed by atoms with E-state index in [1.54, 1.807) is 49.0 Å². The molecule has 664 valence electrons. The lowest BCUT2D eigenvalue weighted by Crippen LogP contribution is -2.67. The predicted molar refractivity (Wildman–Crippen MR) is 405 cm³/mol. The molecule has 0 bridgehead atoms. The zero-order valence-corrected chi connectivity index (χ0v) is 66.0. The van der Waals surface area contributed by atoms with E-state index < -0.39 is 231 Å². The molecule has 0 aromatic rings. The third-order valence-corrected chi connectivity index (χ3v) is 21.3. The van der Waals surface area contributed by atoms with Crippen LogP contribution in [0.3, 0.4) is 0 Å². The minimum atomic E-state index is -2.38. The monoisotopic (exact) mass is 1670 g/mol. The number of nitrogens with zero attached hydrogens (tertiary/aromatic N) is 15. The fourth-order valence-corrected chi connectivity index (χ4v) is 15.4. The van der Waals surface area contributed by atoms with Gasteiger partial charge in [0.25, 0.3) is 0 Å². The summed E-state index contributed by atoms with van der Waals surface area (Å²) in [6, 6.07) is -1.18. The summed E-state index contributed by atoms with van der Waals surface area (Å²) >= 11 is 0. The van der Waals surface area contributed by atoms with Gasteiger partial charge in [0.15, 0.2) is 0 Å². The molecule has 0 aromatic heterocycles. The zero-order valence-electron chi connectivity index (χ0n) is 66.0. The third-order valence-electron chi connectivity index (χ3n) is 21.3. The van der Waals surface area contributed by atoms with Crippen LogP contribution in [-0.2, 0) is 67.0 Å². The second kappa shape index (κ2) is 51.3. The lowest BCUT2D eigenvalue weighted by atomic mass is 9.69. The molecule has 5 rings (SSSR count). The molecular formula is C70H124N16O30. The quantitative estimate of drug-likeness (QED) is 0.0273.